The van der Waals surface area contributed by atoms with Gasteiger partial charge in [-0.05, 0) is 30.4 Å². The number of anilines is 1. The summed E-state index contributed by atoms with van der Waals surface area (Å²) < 4.78 is 5.53. The van der Waals surface area contributed by atoms with E-state index in [2.05, 4.69) is 0 Å². The predicted molar refractivity (Wildman–Crippen MR) is 121 cm³/mol. The Morgan fingerprint density at radius 1 is 1.12 bits per heavy atom. The molecule has 166 valence electrons. The van der Waals surface area contributed by atoms with Crippen LogP contribution in [0, 0.1) is 22.5 Å². The van der Waals surface area contributed by atoms with Gasteiger partial charge in [-0.2, -0.15) is 0 Å². The van der Waals surface area contributed by atoms with Gasteiger partial charge in [0, 0.05) is 47.7 Å². The molecule has 0 bridgehead atoms. The average Bonchev–Trinajstić information content (AvgIpc) is 2.72. The number of para-hydroxylation sites is 1. The first kappa shape index (κ1) is 21.7. The zero-order chi connectivity index (χ0) is 23.2. The summed E-state index contributed by atoms with van der Waals surface area (Å²) in [6.07, 6.45) is 0.995. The van der Waals surface area contributed by atoms with Gasteiger partial charge in [-0.3, -0.25) is 24.6 Å². The second kappa shape index (κ2) is 7.89. The molecule has 0 aromatic heterocycles. The van der Waals surface area contributed by atoms with Crippen LogP contribution in [0.5, 0.6) is 5.75 Å². The quantitative estimate of drug-likeness (QED) is 0.495. The second-order valence-corrected chi connectivity index (χ2v) is 9.26. The summed E-state index contributed by atoms with van der Waals surface area (Å²) >= 11 is 0. The maximum atomic E-state index is 13.6. The highest BCUT2D eigenvalue weighted by Crippen LogP contribution is 2.50. The van der Waals surface area contributed by atoms with Crippen molar-refractivity contribution < 1.29 is 19.2 Å². The van der Waals surface area contributed by atoms with Crippen molar-refractivity contribution >= 4 is 23.1 Å². The Balaban J connectivity index is 1.95. The molecule has 1 aliphatic heterocycles. The standard InChI is InChI=1S/C25H26N2O5/c1-15-9-10-16(27(30)31)11-19(15)26-20-13-25(2,3)14-21(28)24(20)18(12-23(26)29)17-7-5-6-8-22(17)32-4/h5-11,18H,12-14H2,1-4H3. The lowest BCUT2D eigenvalue weighted by Gasteiger charge is -2.43. The fourth-order valence-corrected chi connectivity index (χ4v) is 4.87. The first-order valence-corrected chi connectivity index (χ1v) is 10.6. The molecule has 1 heterocycles. The first-order chi connectivity index (χ1) is 15.1. The van der Waals surface area contributed by atoms with Crippen molar-refractivity contribution in [3.8, 4) is 5.75 Å². The van der Waals surface area contributed by atoms with Crippen LogP contribution in [-0.2, 0) is 9.59 Å². The van der Waals surface area contributed by atoms with Gasteiger partial charge in [-0.15, -0.1) is 0 Å². The summed E-state index contributed by atoms with van der Waals surface area (Å²) in [4.78, 5) is 39.4. The van der Waals surface area contributed by atoms with Crippen LogP contribution in [0.1, 0.15) is 50.2 Å². The minimum Gasteiger partial charge on any atom is -0.496 e. The van der Waals surface area contributed by atoms with Gasteiger partial charge < -0.3 is 4.74 Å². The number of carbonyl (C=O) groups excluding carboxylic acids is 2. The van der Waals surface area contributed by atoms with E-state index in [1.165, 1.54) is 12.1 Å². The number of methoxy groups -OCH3 is 1. The summed E-state index contributed by atoms with van der Waals surface area (Å²) in [6, 6.07) is 11.9. The van der Waals surface area contributed by atoms with Crippen LogP contribution in [-0.4, -0.2) is 23.7 Å². The van der Waals surface area contributed by atoms with E-state index in [9.17, 15) is 19.7 Å². The number of hydrogen-bond donors (Lipinski definition) is 0. The molecule has 1 unspecified atom stereocenters. The van der Waals surface area contributed by atoms with Crippen LogP contribution >= 0.6 is 0 Å². The molecule has 2 aromatic carbocycles. The molecule has 7 nitrogen and oxygen atoms in total. The van der Waals surface area contributed by atoms with Crippen molar-refractivity contribution in [2.75, 3.05) is 12.0 Å². The number of amides is 1. The number of allylic oxidation sites excluding steroid dienone is 2. The number of nitrogens with zero attached hydrogens (tertiary/aromatic N) is 2. The van der Waals surface area contributed by atoms with Gasteiger partial charge in [0.15, 0.2) is 5.78 Å². The van der Waals surface area contributed by atoms with Crippen LogP contribution in [0.4, 0.5) is 11.4 Å². The van der Waals surface area contributed by atoms with Crippen molar-refractivity contribution in [3.63, 3.8) is 0 Å². The Morgan fingerprint density at radius 2 is 1.84 bits per heavy atom. The maximum absolute atomic E-state index is 13.6. The molecule has 0 N–H and O–H groups in total. The number of nitro benzene ring substituents is 1. The lowest BCUT2D eigenvalue weighted by Crippen LogP contribution is -2.44. The largest absolute Gasteiger partial charge is 0.496 e. The topological polar surface area (TPSA) is 89.8 Å². The highest BCUT2D eigenvalue weighted by Gasteiger charge is 2.45. The summed E-state index contributed by atoms with van der Waals surface area (Å²) in [5.41, 5.74) is 2.84. The van der Waals surface area contributed by atoms with Crippen molar-refractivity contribution in [1.82, 2.24) is 0 Å². The SMILES string of the molecule is COc1ccccc1C1CC(=O)N(c2cc([N+](=O)[O-])ccc2C)C2=C1C(=O)CC(C)(C)C2. The van der Waals surface area contributed by atoms with Crippen molar-refractivity contribution in [2.24, 2.45) is 5.41 Å². The first-order valence-electron chi connectivity index (χ1n) is 10.6. The van der Waals surface area contributed by atoms with E-state index < -0.39 is 10.8 Å². The number of ketones is 1. The molecular weight excluding hydrogens is 408 g/mol. The number of hydrogen-bond acceptors (Lipinski definition) is 5. The van der Waals surface area contributed by atoms with Gasteiger partial charge in [-0.25, -0.2) is 0 Å². The number of rotatable bonds is 4. The Kier molecular flexibility index (Phi) is 5.36. The molecule has 0 fully saturated rings. The summed E-state index contributed by atoms with van der Waals surface area (Å²) in [5.74, 6) is 0.0451. The van der Waals surface area contributed by atoms with E-state index in [0.717, 1.165) is 11.1 Å². The number of non-ortho nitro benzene ring substituents is 1. The number of carbonyl (C=O) groups is 2. The Labute approximate surface area is 186 Å². The zero-order valence-electron chi connectivity index (χ0n) is 18.7. The molecule has 1 atom stereocenters. The van der Waals surface area contributed by atoms with Crippen molar-refractivity contribution in [1.29, 1.82) is 0 Å². The molecule has 7 heteroatoms. The third kappa shape index (κ3) is 3.68. The fourth-order valence-electron chi connectivity index (χ4n) is 4.87. The van der Waals surface area contributed by atoms with Crippen molar-refractivity contribution in [3.05, 3.63) is 75.0 Å². The third-order valence-electron chi connectivity index (χ3n) is 6.30. The second-order valence-electron chi connectivity index (χ2n) is 9.26. The van der Waals surface area contributed by atoms with Gasteiger partial charge in [0.25, 0.3) is 5.69 Å². The molecule has 2 aliphatic rings. The highest BCUT2D eigenvalue weighted by atomic mass is 16.6. The molecule has 32 heavy (non-hydrogen) atoms. The normalized spacial score (nSPS) is 20.2. The number of nitro groups is 1. The molecule has 0 saturated carbocycles. The molecule has 4 rings (SSSR count). The molecule has 0 spiro atoms. The van der Waals surface area contributed by atoms with Crippen LogP contribution < -0.4 is 9.64 Å². The van der Waals surface area contributed by atoms with Gasteiger partial charge in [0.05, 0.1) is 17.7 Å². The van der Waals surface area contributed by atoms with E-state index in [1.54, 1.807) is 18.1 Å². The summed E-state index contributed by atoms with van der Waals surface area (Å²) in [7, 11) is 1.57. The van der Waals surface area contributed by atoms with Crippen molar-refractivity contribution in [2.45, 2.75) is 46.0 Å². The van der Waals surface area contributed by atoms with E-state index in [4.69, 9.17) is 4.74 Å². The van der Waals surface area contributed by atoms with Crippen LogP contribution in [0.3, 0.4) is 0 Å². The lowest BCUT2D eigenvalue weighted by atomic mass is 9.69. The number of benzene rings is 2. The molecular formula is C25H26N2O5. The monoisotopic (exact) mass is 434 g/mol. The maximum Gasteiger partial charge on any atom is 0.271 e. The smallest absolute Gasteiger partial charge is 0.271 e. The highest BCUT2D eigenvalue weighted by molar-refractivity contribution is 6.08. The van der Waals surface area contributed by atoms with Gasteiger partial charge in [0.2, 0.25) is 5.91 Å². The van der Waals surface area contributed by atoms with Gasteiger partial charge in [-0.1, -0.05) is 38.1 Å². The number of ether oxygens (including phenoxy) is 1. The summed E-state index contributed by atoms with van der Waals surface area (Å²) in [5, 5.41) is 11.4. The van der Waals surface area contributed by atoms with E-state index in [1.807, 2.05) is 45.0 Å². The Hall–Kier alpha value is -3.48. The Bertz CT molecular complexity index is 1160. The number of aryl methyl sites for hydroxylation is 1. The predicted octanol–water partition coefficient (Wildman–Crippen LogP) is 5.08. The molecule has 1 aliphatic carbocycles. The Morgan fingerprint density at radius 3 is 2.53 bits per heavy atom. The molecule has 1 amide bonds. The summed E-state index contributed by atoms with van der Waals surface area (Å²) in [6.45, 7) is 5.82. The average molecular weight is 434 g/mol. The number of Topliss-reactive ketones (excluding diaryl/α,β-unsaturated/α-hetero) is 1. The van der Waals surface area contributed by atoms with E-state index in [-0.39, 0.29) is 29.2 Å². The molecule has 2 aromatic rings. The lowest BCUT2D eigenvalue weighted by molar-refractivity contribution is -0.384. The third-order valence-corrected chi connectivity index (χ3v) is 6.30. The fraction of sp³-hybridized carbons (Fsp3) is 0.360. The zero-order valence-corrected chi connectivity index (χ0v) is 18.7. The molecule has 0 saturated heterocycles. The van der Waals surface area contributed by atoms with Crippen LogP contribution in [0.2, 0.25) is 0 Å². The van der Waals surface area contributed by atoms with Gasteiger partial charge >= 0.3 is 0 Å². The van der Waals surface area contributed by atoms with Crippen LogP contribution in [0.25, 0.3) is 0 Å². The minimum atomic E-state index is -0.472. The molecule has 0 radical (unpaired) electrons. The van der Waals surface area contributed by atoms with Crippen LogP contribution in [0.15, 0.2) is 53.7 Å². The van der Waals surface area contributed by atoms with E-state index in [0.29, 0.717) is 35.5 Å². The minimum absolute atomic E-state index is 0.00717. The van der Waals surface area contributed by atoms with Gasteiger partial charge in [0.1, 0.15) is 5.75 Å². The van der Waals surface area contributed by atoms with E-state index >= 15 is 0 Å².